The van der Waals surface area contributed by atoms with Crippen molar-refractivity contribution >= 4 is 40.4 Å². The zero-order valence-corrected chi connectivity index (χ0v) is 17.3. The fourth-order valence-electron chi connectivity index (χ4n) is 3.36. The summed E-state index contributed by atoms with van der Waals surface area (Å²) in [4.78, 5) is 4.93. The zero-order chi connectivity index (χ0) is 20.5. The smallest absolute Gasteiger partial charge is 0.165 e. The first-order chi connectivity index (χ1) is 14.7. The van der Waals surface area contributed by atoms with Gasteiger partial charge in [-0.3, -0.25) is 0 Å². The van der Waals surface area contributed by atoms with E-state index < -0.39 is 0 Å². The van der Waals surface area contributed by atoms with E-state index in [1.165, 1.54) is 0 Å². The minimum Gasteiger partial charge on any atom is -0.340 e. The standard InChI is InChI=1S/C24H16Cl2N4/c25-18-11-9-16(10-12-18)21-15-27-30-23(28-20-8-4-7-19(26)13-20)14-22(29-24(21)30)17-5-2-1-3-6-17/h1-15,28H. The molecule has 5 aromatic rings. The fourth-order valence-corrected chi connectivity index (χ4v) is 3.67. The van der Waals surface area contributed by atoms with Crippen molar-refractivity contribution in [1.82, 2.24) is 14.6 Å². The van der Waals surface area contributed by atoms with Gasteiger partial charge < -0.3 is 5.32 Å². The molecule has 2 heterocycles. The summed E-state index contributed by atoms with van der Waals surface area (Å²) >= 11 is 12.2. The summed E-state index contributed by atoms with van der Waals surface area (Å²) in [6.45, 7) is 0. The summed E-state index contributed by atoms with van der Waals surface area (Å²) < 4.78 is 1.80. The molecule has 0 bridgehead atoms. The minimum absolute atomic E-state index is 0.663. The molecule has 146 valence electrons. The molecule has 4 nitrogen and oxygen atoms in total. The van der Waals surface area contributed by atoms with Crippen LogP contribution in [0.25, 0.3) is 28.0 Å². The van der Waals surface area contributed by atoms with Crippen LogP contribution in [0.4, 0.5) is 11.5 Å². The number of hydrogen-bond acceptors (Lipinski definition) is 3. The number of benzene rings is 3. The van der Waals surface area contributed by atoms with E-state index in [1.54, 1.807) is 4.52 Å². The van der Waals surface area contributed by atoms with Crippen LogP contribution in [0, 0.1) is 0 Å². The largest absolute Gasteiger partial charge is 0.340 e. The summed E-state index contributed by atoms with van der Waals surface area (Å²) in [5.74, 6) is 0.793. The maximum absolute atomic E-state index is 6.17. The Morgan fingerprint density at radius 1 is 0.733 bits per heavy atom. The molecule has 0 fully saturated rings. The van der Waals surface area contributed by atoms with Crippen LogP contribution in [-0.2, 0) is 0 Å². The number of nitrogens with zero attached hydrogens (tertiary/aromatic N) is 3. The minimum atomic E-state index is 0.663. The Morgan fingerprint density at radius 3 is 2.30 bits per heavy atom. The summed E-state index contributed by atoms with van der Waals surface area (Å²) in [7, 11) is 0. The van der Waals surface area contributed by atoms with Crippen LogP contribution < -0.4 is 5.32 Å². The highest BCUT2D eigenvalue weighted by Gasteiger charge is 2.14. The molecule has 1 N–H and O–H groups in total. The quantitative estimate of drug-likeness (QED) is 0.330. The lowest BCUT2D eigenvalue weighted by molar-refractivity contribution is 0.949. The topological polar surface area (TPSA) is 42.2 Å². The Kier molecular flexibility index (Phi) is 4.87. The van der Waals surface area contributed by atoms with Crippen LogP contribution in [0.2, 0.25) is 10.0 Å². The van der Waals surface area contributed by atoms with Crippen molar-refractivity contribution in [3.05, 3.63) is 101 Å². The number of fused-ring (bicyclic) bond motifs is 1. The number of rotatable bonds is 4. The molecule has 6 heteroatoms. The van der Waals surface area contributed by atoms with Gasteiger partial charge in [-0.05, 0) is 35.9 Å². The predicted octanol–water partition coefficient (Wildman–Crippen LogP) is 7.11. The normalized spacial score (nSPS) is 11.0. The lowest BCUT2D eigenvalue weighted by Crippen LogP contribution is -2.02. The molecule has 0 saturated carbocycles. The van der Waals surface area contributed by atoms with Gasteiger partial charge in [0, 0.05) is 32.9 Å². The van der Waals surface area contributed by atoms with Gasteiger partial charge in [0.15, 0.2) is 5.65 Å². The van der Waals surface area contributed by atoms with Gasteiger partial charge in [0.25, 0.3) is 0 Å². The van der Waals surface area contributed by atoms with Gasteiger partial charge in [-0.15, -0.1) is 0 Å². The molecule has 30 heavy (non-hydrogen) atoms. The molecule has 0 unspecified atom stereocenters. The summed E-state index contributed by atoms with van der Waals surface area (Å²) in [6, 6.07) is 27.3. The van der Waals surface area contributed by atoms with Crippen molar-refractivity contribution in [2.24, 2.45) is 0 Å². The van der Waals surface area contributed by atoms with Gasteiger partial charge in [-0.2, -0.15) is 9.61 Å². The summed E-state index contributed by atoms with van der Waals surface area (Å²) in [5.41, 5.74) is 5.43. The molecule has 0 amide bonds. The van der Waals surface area contributed by atoms with Crippen molar-refractivity contribution < 1.29 is 0 Å². The van der Waals surface area contributed by atoms with Gasteiger partial charge in [-0.1, -0.05) is 71.7 Å². The lowest BCUT2D eigenvalue weighted by atomic mass is 10.1. The van der Waals surface area contributed by atoms with Crippen LogP contribution in [-0.4, -0.2) is 14.6 Å². The molecule has 0 aliphatic rings. The van der Waals surface area contributed by atoms with Gasteiger partial charge in [-0.25, -0.2) is 4.98 Å². The molecule has 0 radical (unpaired) electrons. The highest BCUT2D eigenvalue weighted by atomic mass is 35.5. The third-order valence-corrected chi connectivity index (χ3v) is 5.28. The average Bonchev–Trinajstić information content (AvgIpc) is 3.19. The Hall–Kier alpha value is -3.34. The van der Waals surface area contributed by atoms with E-state index in [4.69, 9.17) is 28.2 Å². The SMILES string of the molecule is Clc1ccc(-c2cnn3c(Nc4cccc(Cl)c4)cc(-c4ccccc4)nc23)cc1. The van der Waals surface area contributed by atoms with Crippen molar-refractivity contribution in [3.8, 4) is 22.4 Å². The first-order valence-corrected chi connectivity index (χ1v) is 10.2. The van der Waals surface area contributed by atoms with E-state index in [-0.39, 0.29) is 0 Å². The second-order valence-corrected chi connectivity index (χ2v) is 7.70. The average molecular weight is 431 g/mol. The van der Waals surface area contributed by atoms with Crippen molar-refractivity contribution in [3.63, 3.8) is 0 Å². The van der Waals surface area contributed by atoms with E-state index in [0.717, 1.165) is 39.5 Å². The second-order valence-electron chi connectivity index (χ2n) is 6.83. The number of hydrogen-bond donors (Lipinski definition) is 1. The molecule has 5 rings (SSSR count). The maximum atomic E-state index is 6.17. The number of halogens is 2. The zero-order valence-electron chi connectivity index (χ0n) is 15.8. The third-order valence-electron chi connectivity index (χ3n) is 4.79. The predicted molar refractivity (Wildman–Crippen MR) is 124 cm³/mol. The van der Waals surface area contributed by atoms with E-state index in [2.05, 4.69) is 10.4 Å². The fraction of sp³-hybridized carbons (Fsp3) is 0. The van der Waals surface area contributed by atoms with E-state index >= 15 is 0 Å². The van der Waals surface area contributed by atoms with Crippen LogP contribution in [0.3, 0.4) is 0 Å². The molecule has 0 aliphatic heterocycles. The molecule has 0 aliphatic carbocycles. The Balaban J connectivity index is 1.70. The summed E-state index contributed by atoms with van der Waals surface area (Å²) in [6.07, 6.45) is 1.82. The van der Waals surface area contributed by atoms with Crippen molar-refractivity contribution in [1.29, 1.82) is 0 Å². The Bertz CT molecular complexity index is 1330. The molecule has 0 spiro atoms. The molecule has 0 atom stereocenters. The van der Waals surface area contributed by atoms with E-state index in [0.29, 0.717) is 10.0 Å². The Morgan fingerprint density at radius 2 is 1.53 bits per heavy atom. The molecule has 3 aromatic carbocycles. The van der Waals surface area contributed by atoms with Crippen LogP contribution in [0.15, 0.2) is 91.1 Å². The monoisotopic (exact) mass is 430 g/mol. The number of nitrogens with one attached hydrogen (secondary N) is 1. The van der Waals surface area contributed by atoms with Gasteiger partial charge in [0.1, 0.15) is 5.82 Å². The second kappa shape index (κ2) is 7.82. The molecule has 0 saturated heterocycles. The first-order valence-electron chi connectivity index (χ1n) is 9.40. The van der Waals surface area contributed by atoms with Crippen molar-refractivity contribution in [2.45, 2.75) is 0 Å². The maximum Gasteiger partial charge on any atom is 0.165 e. The van der Waals surface area contributed by atoms with Crippen LogP contribution >= 0.6 is 23.2 Å². The molecule has 2 aromatic heterocycles. The van der Waals surface area contributed by atoms with Gasteiger partial charge in [0.2, 0.25) is 0 Å². The Labute approximate surface area is 183 Å². The van der Waals surface area contributed by atoms with Crippen LogP contribution in [0.1, 0.15) is 0 Å². The molecular weight excluding hydrogens is 415 g/mol. The van der Waals surface area contributed by atoms with Gasteiger partial charge in [0.05, 0.1) is 11.9 Å². The highest BCUT2D eigenvalue weighted by molar-refractivity contribution is 6.31. The van der Waals surface area contributed by atoms with Crippen molar-refractivity contribution in [2.75, 3.05) is 5.32 Å². The van der Waals surface area contributed by atoms with Crippen LogP contribution in [0.5, 0.6) is 0 Å². The number of aromatic nitrogens is 3. The van der Waals surface area contributed by atoms with E-state index in [1.807, 2.05) is 91.1 Å². The lowest BCUT2D eigenvalue weighted by Gasteiger charge is -2.12. The molecular formula is C24H16Cl2N4. The highest BCUT2D eigenvalue weighted by Crippen LogP contribution is 2.31. The number of anilines is 2. The first kappa shape index (κ1) is 18.7. The van der Waals surface area contributed by atoms with Gasteiger partial charge >= 0.3 is 0 Å². The third kappa shape index (κ3) is 3.63. The van der Waals surface area contributed by atoms with E-state index in [9.17, 15) is 0 Å². The summed E-state index contributed by atoms with van der Waals surface area (Å²) in [5, 5.41) is 9.38.